The zero-order chi connectivity index (χ0) is 13.1. The minimum Gasteiger partial charge on any atom is -0.391 e. The monoisotopic (exact) mass is 249 g/mol. The Morgan fingerprint density at radius 1 is 1.56 bits per heavy atom. The first-order valence-electron chi connectivity index (χ1n) is 6.23. The molecule has 5 heteroatoms. The SMILES string of the molecule is CNc1ccc(C(=O)N2CCC(C)C(O)C2)cn1. The smallest absolute Gasteiger partial charge is 0.255 e. The molecule has 0 radical (unpaired) electrons. The predicted molar refractivity (Wildman–Crippen MR) is 69.5 cm³/mol. The van der Waals surface area contributed by atoms with E-state index in [0.29, 0.717) is 18.7 Å². The summed E-state index contributed by atoms with van der Waals surface area (Å²) in [7, 11) is 1.78. The van der Waals surface area contributed by atoms with Gasteiger partial charge in [0.1, 0.15) is 5.82 Å². The molecule has 2 atom stereocenters. The summed E-state index contributed by atoms with van der Waals surface area (Å²) in [5.41, 5.74) is 0.566. The molecule has 5 nitrogen and oxygen atoms in total. The fourth-order valence-corrected chi connectivity index (χ4v) is 2.08. The van der Waals surface area contributed by atoms with Gasteiger partial charge in [0, 0.05) is 26.3 Å². The quantitative estimate of drug-likeness (QED) is 0.819. The number of nitrogens with zero attached hydrogens (tertiary/aromatic N) is 2. The van der Waals surface area contributed by atoms with E-state index in [-0.39, 0.29) is 11.8 Å². The lowest BCUT2D eigenvalue weighted by Gasteiger charge is -2.34. The van der Waals surface area contributed by atoms with E-state index in [0.717, 1.165) is 12.2 Å². The first kappa shape index (κ1) is 12.8. The van der Waals surface area contributed by atoms with Gasteiger partial charge in [-0.05, 0) is 24.5 Å². The Hall–Kier alpha value is -1.62. The predicted octanol–water partition coefficient (Wildman–Crippen LogP) is 0.966. The number of carbonyl (C=O) groups is 1. The van der Waals surface area contributed by atoms with Gasteiger partial charge in [-0.25, -0.2) is 4.98 Å². The molecule has 18 heavy (non-hydrogen) atoms. The van der Waals surface area contributed by atoms with E-state index in [1.165, 1.54) is 0 Å². The number of amides is 1. The Morgan fingerprint density at radius 2 is 2.33 bits per heavy atom. The zero-order valence-corrected chi connectivity index (χ0v) is 10.8. The highest BCUT2D eigenvalue weighted by Crippen LogP contribution is 2.19. The number of aliphatic hydroxyl groups excluding tert-OH is 1. The first-order chi connectivity index (χ1) is 8.61. The van der Waals surface area contributed by atoms with Crippen molar-refractivity contribution in [1.29, 1.82) is 0 Å². The first-order valence-corrected chi connectivity index (χ1v) is 6.23. The number of hydrogen-bond acceptors (Lipinski definition) is 4. The van der Waals surface area contributed by atoms with Crippen LogP contribution in [-0.2, 0) is 0 Å². The average Bonchev–Trinajstić information content (AvgIpc) is 2.41. The molecule has 0 saturated carbocycles. The molecule has 2 rings (SSSR count). The van der Waals surface area contributed by atoms with Crippen molar-refractivity contribution in [2.45, 2.75) is 19.4 Å². The Labute approximate surface area is 107 Å². The molecule has 1 saturated heterocycles. The summed E-state index contributed by atoms with van der Waals surface area (Å²) >= 11 is 0. The van der Waals surface area contributed by atoms with Gasteiger partial charge in [-0.15, -0.1) is 0 Å². The summed E-state index contributed by atoms with van der Waals surface area (Å²) in [4.78, 5) is 18.0. The topological polar surface area (TPSA) is 65.5 Å². The van der Waals surface area contributed by atoms with Gasteiger partial charge in [-0.3, -0.25) is 4.79 Å². The Kier molecular flexibility index (Phi) is 3.81. The number of pyridine rings is 1. The average molecular weight is 249 g/mol. The number of rotatable bonds is 2. The van der Waals surface area contributed by atoms with Crippen molar-refractivity contribution in [3.8, 4) is 0 Å². The van der Waals surface area contributed by atoms with Crippen LogP contribution < -0.4 is 5.32 Å². The van der Waals surface area contributed by atoms with Crippen LogP contribution in [0.15, 0.2) is 18.3 Å². The van der Waals surface area contributed by atoms with Gasteiger partial charge in [0.2, 0.25) is 0 Å². The molecule has 0 aliphatic carbocycles. The van der Waals surface area contributed by atoms with Gasteiger partial charge >= 0.3 is 0 Å². The summed E-state index contributed by atoms with van der Waals surface area (Å²) in [5, 5.41) is 12.7. The summed E-state index contributed by atoms with van der Waals surface area (Å²) in [6.45, 7) is 3.12. The third-order valence-electron chi connectivity index (χ3n) is 3.47. The van der Waals surface area contributed by atoms with Crippen LogP contribution in [-0.4, -0.2) is 47.1 Å². The maximum absolute atomic E-state index is 12.2. The zero-order valence-electron chi connectivity index (χ0n) is 10.8. The van der Waals surface area contributed by atoms with Gasteiger partial charge < -0.3 is 15.3 Å². The molecule has 2 N–H and O–H groups in total. The number of likely N-dealkylation sites (tertiary alicyclic amines) is 1. The number of piperidine rings is 1. The van der Waals surface area contributed by atoms with Crippen molar-refractivity contribution in [2.24, 2.45) is 5.92 Å². The van der Waals surface area contributed by atoms with Gasteiger partial charge in [0.25, 0.3) is 5.91 Å². The standard InChI is InChI=1S/C13H19N3O2/c1-9-5-6-16(8-11(9)17)13(18)10-3-4-12(14-2)15-7-10/h3-4,7,9,11,17H,5-6,8H2,1-2H3,(H,14,15). The number of nitrogens with one attached hydrogen (secondary N) is 1. The Morgan fingerprint density at radius 3 is 2.89 bits per heavy atom. The minimum atomic E-state index is -0.424. The molecule has 1 aliphatic rings. The second kappa shape index (κ2) is 5.35. The largest absolute Gasteiger partial charge is 0.391 e. The van der Waals surface area contributed by atoms with Crippen LogP contribution in [0.5, 0.6) is 0 Å². The molecule has 0 bridgehead atoms. The van der Waals surface area contributed by atoms with Crippen LogP contribution in [0.4, 0.5) is 5.82 Å². The van der Waals surface area contributed by atoms with E-state index in [9.17, 15) is 9.90 Å². The fourth-order valence-electron chi connectivity index (χ4n) is 2.08. The number of β-amino-alcohol motifs (C(OH)–C–C–N with tert-alkyl or cyclic N) is 1. The molecular weight excluding hydrogens is 230 g/mol. The molecule has 1 aromatic rings. The van der Waals surface area contributed by atoms with Gasteiger partial charge in [0.15, 0.2) is 0 Å². The van der Waals surface area contributed by atoms with Crippen LogP contribution in [0, 0.1) is 5.92 Å². The summed E-state index contributed by atoms with van der Waals surface area (Å²) in [6.07, 6.45) is 1.99. The van der Waals surface area contributed by atoms with Crippen molar-refractivity contribution in [1.82, 2.24) is 9.88 Å². The lowest BCUT2D eigenvalue weighted by atomic mass is 9.95. The fraction of sp³-hybridized carbons (Fsp3) is 0.538. The van der Waals surface area contributed by atoms with E-state index in [2.05, 4.69) is 10.3 Å². The molecule has 1 aliphatic heterocycles. The van der Waals surface area contributed by atoms with Crippen LogP contribution >= 0.6 is 0 Å². The molecule has 0 aromatic carbocycles. The highest BCUT2D eigenvalue weighted by Gasteiger charge is 2.27. The number of anilines is 1. The van der Waals surface area contributed by atoms with Crippen molar-refractivity contribution >= 4 is 11.7 Å². The van der Waals surface area contributed by atoms with Crippen LogP contribution in [0.1, 0.15) is 23.7 Å². The summed E-state index contributed by atoms with van der Waals surface area (Å²) in [6, 6.07) is 3.53. The van der Waals surface area contributed by atoms with Crippen molar-refractivity contribution < 1.29 is 9.90 Å². The van der Waals surface area contributed by atoms with E-state index in [1.54, 1.807) is 30.3 Å². The number of aromatic nitrogens is 1. The van der Waals surface area contributed by atoms with Gasteiger partial charge in [-0.1, -0.05) is 6.92 Å². The van der Waals surface area contributed by atoms with E-state index >= 15 is 0 Å². The highest BCUT2D eigenvalue weighted by molar-refractivity contribution is 5.94. The number of hydrogen-bond donors (Lipinski definition) is 2. The van der Waals surface area contributed by atoms with Gasteiger partial charge in [-0.2, -0.15) is 0 Å². The molecule has 98 valence electrons. The second-order valence-electron chi connectivity index (χ2n) is 4.77. The van der Waals surface area contributed by atoms with Crippen LogP contribution in [0.3, 0.4) is 0 Å². The maximum atomic E-state index is 12.2. The molecule has 1 aromatic heterocycles. The number of aliphatic hydroxyl groups is 1. The molecule has 1 amide bonds. The van der Waals surface area contributed by atoms with E-state index in [4.69, 9.17) is 0 Å². The number of carbonyl (C=O) groups excluding carboxylic acids is 1. The third kappa shape index (κ3) is 2.61. The van der Waals surface area contributed by atoms with Crippen LogP contribution in [0.2, 0.25) is 0 Å². The molecule has 1 fully saturated rings. The second-order valence-corrected chi connectivity index (χ2v) is 4.77. The van der Waals surface area contributed by atoms with Crippen molar-refractivity contribution in [3.63, 3.8) is 0 Å². The molecule has 0 spiro atoms. The normalized spacial score (nSPS) is 23.8. The Bertz CT molecular complexity index is 419. The van der Waals surface area contributed by atoms with E-state index < -0.39 is 6.10 Å². The summed E-state index contributed by atoms with van der Waals surface area (Å²) in [5.74, 6) is 0.939. The minimum absolute atomic E-state index is 0.0592. The molecule has 2 heterocycles. The molecule has 2 unspecified atom stereocenters. The van der Waals surface area contributed by atoms with Crippen LogP contribution in [0.25, 0.3) is 0 Å². The maximum Gasteiger partial charge on any atom is 0.255 e. The Balaban J connectivity index is 2.06. The van der Waals surface area contributed by atoms with Crippen molar-refractivity contribution in [3.05, 3.63) is 23.9 Å². The van der Waals surface area contributed by atoms with Crippen molar-refractivity contribution in [2.75, 3.05) is 25.5 Å². The van der Waals surface area contributed by atoms with Gasteiger partial charge in [0.05, 0.1) is 11.7 Å². The molecular formula is C13H19N3O2. The third-order valence-corrected chi connectivity index (χ3v) is 3.47. The van der Waals surface area contributed by atoms with E-state index in [1.807, 2.05) is 6.92 Å². The highest BCUT2D eigenvalue weighted by atomic mass is 16.3. The lowest BCUT2D eigenvalue weighted by Crippen LogP contribution is -2.45. The summed E-state index contributed by atoms with van der Waals surface area (Å²) < 4.78 is 0. The lowest BCUT2D eigenvalue weighted by molar-refractivity contribution is 0.0248.